The molecule has 0 aliphatic heterocycles. The Balaban J connectivity index is 3.41. The van der Waals surface area contributed by atoms with Gasteiger partial charge in [0.1, 0.15) is 0 Å². The molecule has 1 nitrogen and oxygen atoms in total. The van der Waals surface area contributed by atoms with Crippen LogP contribution in [0.1, 0.15) is 12.8 Å². The van der Waals surface area contributed by atoms with E-state index in [1.807, 2.05) is 0 Å². The second kappa shape index (κ2) is 5.40. The van der Waals surface area contributed by atoms with Gasteiger partial charge in [-0.05, 0) is 13.0 Å². The molecular formula is C9H19NSi. The summed E-state index contributed by atoms with van der Waals surface area (Å²) in [7, 11) is -0.922. The van der Waals surface area contributed by atoms with Gasteiger partial charge in [-0.25, -0.2) is 0 Å². The zero-order valence-electron chi connectivity index (χ0n) is 7.91. The summed E-state index contributed by atoms with van der Waals surface area (Å²) < 4.78 is 0. The zero-order chi connectivity index (χ0) is 8.74. The second-order valence-electron chi connectivity index (χ2n) is 3.98. The molecule has 0 aliphatic rings. The first-order valence-corrected chi connectivity index (χ1v) is 7.93. The molecule has 0 fully saturated rings. The van der Waals surface area contributed by atoms with E-state index in [9.17, 15) is 0 Å². The van der Waals surface area contributed by atoms with Crippen molar-refractivity contribution >= 4 is 8.07 Å². The highest BCUT2D eigenvalue weighted by Gasteiger charge is 2.09. The molecular weight excluding hydrogens is 150 g/mol. The highest BCUT2D eigenvalue weighted by Crippen LogP contribution is 2.05. The molecule has 0 saturated carbocycles. The van der Waals surface area contributed by atoms with E-state index in [0.29, 0.717) is 0 Å². The number of hydrogen-bond donors (Lipinski definition) is 1. The minimum atomic E-state index is -0.922. The van der Waals surface area contributed by atoms with E-state index in [1.165, 1.54) is 0 Å². The summed E-state index contributed by atoms with van der Waals surface area (Å²) in [6, 6.07) is 1.12. The average Bonchev–Trinajstić information content (AvgIpc) is 1.85. The molecule has 64 valence electrons. The number of rotatable bonds is 3. The van der Waals surface area contributed by atoms with Gasteiger partial charge in [0.2, 0.25) is 0 Å². The largest absolute Gasteiger partial charge is 0.330 e. The number of unbranched alkanes of at least 4 members (excludes halogenated alkanes) is 1. The minimum absolute atomic E-state index is 0.766. The SMILES string of the molecule is C[Si](C)(C)CC#CCCCN. The van der Waals surface area contributed by atoms with Crippen molar-refractivity contribution < 1.29 is 0 Å². The van der Waals surface area contributed by atoms with Crippen LogP contribution in [-0.2, 0) is 0 Å². The molecule has 0 unspecified atom stereocenters. The summed E-state index contributed by atoms with van der Waals surface area (Å²) in [6.07, 6.45) is 2.01. The topological polar surface area (TPSA) is 26.0 Å². The lowest BCUT2D eigenvalue weighted by molar-refractivity contribution is 0.869. The fourth-order valence-corrected chi connectivity index (χ4v) is 1.26. The summed E-state index contributed by atoms with van der Waals surface area (Å²) in [5, 5.41) is 0. The van der Waals surface area contributed by atoms with Gasteiger partial charge in [-0.3, -0.25) is 0 Å². The summed E-state index contributed by atoms with van der Waals surface area (Å²) in [5.41, 5.74) is 5.34. The fraction of sp³-hybridized carbons (Fsp3) is 0.778. The van der Waals surface area contributed by atoms with Crippen LogP contribution in [0.25, 0.3) is 0 Å². The molecule has 0 radical (unpaired) electrons. The van der Waals surface area contributed by atoms with Crippen LogP contribution in [0.15, 0.2) is 0 Å². The van der Waals surface area contributed by atoms with Crippen LogP contribution in [0.4, 0.5) is 0 Å². The molecule has 0 amide bonds. The van der Waals surface area contributed by atoms with E-state index < -0.39 is 8.07 Å². The molecule has 0 heterocycles. The summed E-state index contributed by atoms with van der Waals surface area (Å²) >= 11 is 0. The van der Waals surface area contributed by atoms with E-state index in [1.54, 1.807) is 0 Å². The molecule has 0 atom stereocenters. The second-order valence-corrected chi connectivity index (χ2v) is 9.46. The third kappa shape index (κ3) is 9.74. The zero-order valence-corrected chi connectivity index (χ0v) is 8.91. The molecule has 0 rings (SSSR count). The third-order valence-corrected chi connectivity index (χ3v) is 2.49. The van der Waals surface area contributed by atoms with Crippen molar-refractivity contribution in [3.63, 3.8) is 0 Å². The average molecular weight is 169 g/mol. The minimum Gasteiger partial charge on any atom is -0.330 e. The molecule has 0 aliphatic carbocycles. The molecule has 0 bridgehead atoms. The summed E-state index contributed by atoms with van der Waals surface area (Å²) in [4.78, 5) is 0. The first-order chi connectivity index (χ1) is 5.06. The van der Waals surface area contributed by atoms with E-state index in [2.05, 4.69) is 31.5 Å². The Kier molecular flexibility index (Phi) is 5.27. The van der Waals surface area contributed by atoms with Gasteiger partial charge in [-0.2, -0.15) is 0 Å². The van der Waals surface area contributed by atoms with Crippen LogP contribution >= 0.6 is 0 Å². The first-order valence-electron chi connectivity index (χ1n) is 4.22. The van der Waals surface area contributed by atoms with Crippen LogP contribution < -0.4 is 5.73 Å². The highest BCUT2D eigenvalue weighted by atomic mass is 28.3. The van der Waals surface area contributed by atoms with Crippen LogP contribution in [0.3, 0.4) is 0 Å². The van der Waals surface area contributed by atoms with Gasteiger partial charge in [0.15, 0.2) is 0 Å². The Morgan fingerprint density at radius 2 is 1.82 bits per heavy atom. The molecule has 11 heavy (non-hydrogen) atoms. The van der Waals surface area contributed by atoms with Crippen molar-refractivity contribution in [2.75, 3.05) is 6.54 Å². The number of hydrogen-bond acceptors (Lipinski definition) is 1. The maximum Gasteiger partial charge on any atom is 0.0573 e. The van der Waals surface area contributed by atoms with Gasteiger partial charge < -0.3 is 5.73 Å². The van der Waals surface area contributed by atoms with E-state index in [0.717, 1.165) is 25.4 Å². The predicted molar refractivity (Wildman–Crippen MR) is 54.2 cm³/mol. The van der Waals surface area contributed by atoms with Gasteiger partial charge in [-0.1, -0.05) is 19.6 Å². The van der Waals surface area contributed by atoms with Gasteiger partial charge in [0.25, 0.3) is 0 Å². The molecule has 0 saturated heterocycles. The Labute approximate surface area is 71.4 Å². The Hall–Kier alpha value is -0.263. The van der Waals surface area contributed by atoms with Crippen molar-refractivity contribution in [3.8, 4) is 11.8 Å². The third-order valence-electron chi connectivity index (χ3n) is 1.25. The molecule has 2 N–H and O–H groups in total. The van der Waals surface area contributed by atoms with Crippen molar-refractivity contribution in [2.45, 2.75) is 38.5 Å². The lowest BCUT2D eigenvalue weighted by Gasteiger charge is -2.09. The first kappa shape index (κ1) is 10.7. The highest BCUT2D eigenvalue weighted by molar-refractivity contribution is 6.76. The quantitative estimate of drug-likeness (QED) is 0.391. The molecule has 2 heteroatoms. The molecule has 0 aromatic carbocycles. The maximum atomic E-state index is 5.34. The van der Waals surface area contributed by atoms with E-state index in [-0.39, 0.29) is 0 Å². The van der Waals surface area contributed by atoms with Gasteiger partial charge in [0.05, 0.1) is 8.07 Å². The van der Waals surface area contributed by atoms with Gasteiger partial charge in [-0.15, -0.1) is 11.8 Å². The standard InChI is InChI=1S/C9H19NSi/c1-11(2,3)9-7-5-4-6-8-10/h4,6,8-10H2,1-3H3. The lowest BCUT2D eigenvalue weighted by atomic mass is 10.3. The monoisotopic (exact) mass is 169 g/mol. The van der Waals surface area contributed by atoms with Crippen LogP contribution in [0, 0.1) is 11.8 Å². The fourth-order valence-electron chi connectivity index (χ4n) is 0.607. The normalized spacial score (nSPS) is 10.5. The molecule has 0 aromatic heterocycles. The van der Waals surface area contributed by atoms with Crippen LogP contribution in [0.5, 0.6) is 0 Å². The number of nitrogens with two attached hydrogens (primary N) is 1. The Bertz CT molecular complexity index is 147. The summed E-state index contributed by atoms with van der Waals surface area (Å²) in [6.45, 7) is 7.78. The van der Waals surface area contributed by atoms with Crippen LogP contribution in [-0.4, -0.2) is 14.6 Å². The van der Waals surface area contributed by atoms with Gasteiger partial charge in [0, 0.05) is 12.5 Å². The predicted octanol–water partition coefficient (Wildman–Crippen LogP) is 2.07. The Morgan fingerprint density at radius 1 is 1.18 bits per heavy atom. The molecule has 0 spiro atoms. The van der Waals surface area contributed by atoms with Crippen molar-refractivity contribution in [3.05, 3.63) is 0 Å². The lowest BCUT2D eigenvalue weighted by Crippen LogP contribution is -2.17. The van der Waals surface area contributed by atoms with Crippen molar-refractivity contribution in [2.24, 2.45) is 5.73 Å². The van der Waals surface area contributed by atoms with Crippen LogP contribution in [0.2, 0.25) is 25.7 Å². The van der Waals surface area contributed by atoms with Crippen molar-refractivity contribution in [1.82, 2.24) is 0 Å². The van der Waals surface area contributed by atoms with Crippen molar-refractivity contribution in [1.29, 1.82) is 0 Å². The summed E-state index contributed by atoms with van der Waals surface area (Å²) in [5.74, 6) is 6.36. The smallest absolute Gasteiger partial charge is 0.0573 e. The van der Waals surface area contributed by atoms with E-state index in [4.69, 9.17) is 5.73 Å². The maximum absolute atomic E-state index is 5.34. The Morgan fingerprint density at radius 3 is 2.27 bits per heavy atom. The molecule has 0 aromatic rings. The van der Waals surface area contributed by atoms with Gasteiger partial charge >= 0.3 is 0 Å². The van der Waals surface area contributed by atoms with E-state index >= 15 is 0 Å².